The molecule has 28 heavy (non-hydrogen) atoms. The summed E-state index contributed by atoms with van der Waals surface area (Å²) in [5.41, 5.74) is 4.89. The van der Waals surface area contributed by atoms with E-state index in [1.807, 2.05) is 36.4 Å². The minimum Gasteiger partial charge on any atom is -0.366 e. The molecule has 1 amide bonds. The van der Waals surface area contributed by atoms with E-state index in [2.05, 4.69) is 60.0 Å². The molecule has 0 unspecified atom stereocenters. The lowest BCUT2D eigenvalue weighted by atomic mass is 9.88. The van der Waals surface area contributed by atoms with Gasteiger partial charge in [-0.25, -0.2) is 0 Å². The maximum absolute atomic E-state index is 12.5. The fourth-order valence-corrected chi connectivity index (χ4v) is 3.75. The van der Waals surface area contributed by atoms with Gasteiger partial charge in [-0.15, -0.1) is 0 Å². The summed E-state index contributed by atoms with van der Waals surface area (Å²) < 4.78 is 0.858. The summed E-state index contributed by atoms with van der Waals surface area (Å²) in [6.45, 7) is 6.44. The van der Waals surface area contributed by atoms with Crippen molar-refractivity contribution >= 4 is 44.9 Å². The summed E-state index contributed by atoms with van der Waals surface area (Å²) in [5.74, 6) is -0.427. The van der Waals surface area contributed by atoms with Gasteiger partial charge in [-0.3, -0.25) is 4.79 Å². The number of hydrogen-bond acceptors (Lipinski definition) is 3. The molecule has 0 saturated carbocycles. The highest BCUT2D eigenvalue weighted by atomic mass is 79.9. The van der Waals surface area contributed by atoms with Crippen LogP contribution in [0.25, 0.3) is 11.6 Å². The Labute approximate surface area is 174 Å². The molecule has 1 aliphatic rings. The van der Waals surface area contributed by atoms with Crippen molar-refractivity contribution in [3.63, 3.8) is 0 Å². The second kappa shape index (κ2) is 7.65. The summed E-state index contributed by atoms with van der Waals surface area (Å²) in [7, 11) is 2.07. The number of nitriles is 1. The van der Waals surface area contributed by atoms with Crippen molar-refractivity contribution in [1.29, 1.82) is 5.26 Å². The number of anilines is 2. The molecule has 1 heterocycles. The normalized spacial score (nSPS) is 15.4. The lowest BCUT2D eigenvalue weighted by molar-refractivity contribution is -0.112. The summed E-state index contributed by atoms with van der Waals surface area (Å²) in [6.07, 6.45) is 3.86. The van der Waals surface area contributed by atoms with E-state index in [9.17, 15) is 10.1 Å². The van der Waals surface area contributed by atoms with Gasteiger partial charge in [0.1, 0.15) is 11.6 Å². The van der Waals surface area contributed by atoms with Crippen molar-refractivity contribution in [2.75, 3.05) is 17.3 Å². The lowest BCUT2D eigenvalue weighted by Crippen LogP contribution is -2.42. The Hall–Kier alpha value is -2.84. The zero-order valence-electron chi connectivity index (χ0n) is 16.4. The summed E-state index contributed by atoms with van der Waals surface area (Å²) >= 11 is 3.37. The highest BCUT2D eigenvalue weighted by molar-refractivity contribution is 9.10. The number of carbonyl (C=O) groups is 1. The van der Waals surface area contributed by atoms with Crippen LogP contribution in [-0.4, -0.2) is 18.5 Å². The van der Waals surface area contributed by atoms with Gasteiger partial charge < -0.3 is 10.2 Å². The molecule has 0 saturated heterocycles. The van der Waals surface area contributed by atoms with Crippen LogP contribution in [0.1, 0.15) is 31.9 Å². The Morgan fingerprint density at radius 3 is 2.68 bits per heavy atom. The molecule has 1 aliphatic heterocycles. The van der Waals surface area contributed by atoms with Crippen molar-refractivity contribution in [3.8, 4) is 6.07 Å². The second-order valence-electron chi connectivity index (χ2n) is 7.45. The molecule has 0 fully saturated rings. The van der Waals surface area contributed by atoms with Crippen molar-refractivity contribution in [2.45, 2.75) is 26.3 Å². The number of rotatable bonds is 3. The molecule has 142 valence electrons. The van der Waals surface area contributed by atoms with Crippen LogP contribution >= 0.6 is 15.9 Å². The van der Waals surface area contributed by atoms with Crippen LogP contribution in [0.2, 0.25) is 0 Å². The summed E-state index contributed by atoms with van der Waals surface area (Å²) in [4.78, 5) is 14.7. The zero-order chi connectivity index (χ0) is 20.5. The Bertz CT molecular complexity index is 1040. The number of benzene rings is 2. The third-order valence-electron chi connectivity index (χ3n) is 5.00. The summed E-state index contributed by atoms with van der Waals surface area (Å²) in [6, 6.07) is 15.3. The number of hydrogen-bond donors (Lipinski definition) is 1. The fourth-order valence-electron chi connectivity index (χ4n) is 3.35. The van der Waals surface area contributed by atoms with Gasteiger partial charge in [0, 0.05) is 28.5 Å². The van der Waals surface area contributed by atoms with Crippen LogP contribution in [0.15, 0.2) is 58.6 Å². The maximum Gasteiger partial charge on any atom is 0.266 e. The van der Waals surface area contributed by atoms with Crippen molar-refractivity contribution in [2.24, 2.45) is 0 Å². The van der Waals surface area contributed by atoms with Crippen LogP contribution in [0, 0.1) is 11.3 Å². The number of fused-ring (bicyclic) bond motifs is 1. The van der Waals surface area contributed by atoms with Gasteiger partial charge >= 0.3 is 0 Å². The molecule has 1 N–H and O–H groups in total. The molecule has 4 nitrogen and oxygen atoms in total. The number of nitrogens with zero attached hydrogens (tertiary/aromatic N) is 2. The first-order valence-electron chi connectivity index (χ1n) is 8.98. The third kappa shape index (κ3) is 4.02. The first kappa shape index (κ1) is 19.9. The van der Waals surface area contributed by atoms with Gasteiger partial charge in [-0.05, 0) is 68.3 Å². The standard InChI is InChI=1S/C23H22BrN3O/c1-15-13-23(2,3)27(4)21-9-8-16(11-20(15)21)10-17(14-25)22(28)26-19-7-5-6-18(24)12-19/h5-13H,1-4H3,(H,26,28)/b17-10+. The number of allylic oxidation sites excluding steroid dienone is 1. The maximum atomic E-state index is 12.5. The average Bonchev–Trinajstić information content (AvgIpc) is 2.64. The quantitative estimate of drug-likeness (QED) is 0.502. The van der Waals surface area contributed by atoms with Crippen molar-refractivity contribution in [3.05, 3.63) is 69.7 Å². The van der Waals surface area contributed by atoms with Gasteiger partial charge in [0.25, 0.3) is 5.91 Å². The van der Waals surface area contributed by atoms with Gasteiger partial charge in [0.15, 0.2) is 0 Å². The van der Waals surface area contributed by atoms with Crippen molar-refractivity contribution in [1.82, 2.24) is 0 Å². The van der Waals surface area contributed by atoms with Crippen LogP contribution in [-0.2, 0) is 4.79 Å². The predicted octanol–water partition coefficient (Wildman–Crippen LogP) is 5.63. The van der Waals surface area contributed by atoms with E-state index in [0.29, 0.717) is 5.69 Å². The van der Waals surface area contributed by atoms with Crippen LogP contribution < -0.4 is 10.2 Å². The van der Waals surface area contributed by atoms with Crippen LogP contribution in [0.5, 0.6) is 0 Å². The van der Waals surface area contributed by atoms with E-state index >= 15 is 0 Å². The molecule has 0 spiro atoms. The van der Waals surface area contributed by atoms with E-state index in [0.717, 1.165) is 21.3 Å². The van der Waals surface area contributed by atoms with Crippen LogP contribution in [0.4, 0.5) is 11.4 Å². The molecule has 5 heteroatoms. The minimum atomic E-state index is -0.427. The average molecular weight is 436 g/mol. The molecule has 0 bridgehead atoms. The smallest absolute Gasteiger partial charge is 0.266 e. The molecule has 0 atom stereocenters. The number of halogens is 1. The van der Waals surface area contributed by atoms with E-state index in [-0.39, 0.29) is 11.1 Å². The van der Waals surface area contributed by atoms with Gasteiger partial charge in [0.05, 0.1) is 5.54 Å². The minimum absolute atomic E-state index is 0.0594. The molecular formula is C23H22BrN3O. The SMILES string of the molecule is CC1=CC(C)(C)N(C)c2ccc(/C=C(\C#N)C(=O)Nc3cccc(Br)c3)cc21. The highest BCUT2D eigenvalue weighted by Gasteiger charge is 2.28. The molecular weight excluding hydrogens is 414 g/mol. The zero-order valence-corrected chi connectivity index (χ0v) is 18.0. The van der Waals surface area contributed by atoms with E-state index in [4.69, 9.17) is 0 Å². The Balaban J connectivity index is 1.91. The van der Waals surface area contributed by atoms with Gasteiger partial charge in [0.2, 0.25) is 0 Å². The van der Waals surface area contributed by atoms with Crippen molar-refractivity contribution < 1.29 is 4.79 Å². The summed E-state index contributed by atoms with van der Waals surface area (Å²) in [5, 5.41) is 12.2. The number of carbonyl (C=O) groups excluding carboxylic acids is 1. The van der Waals surface area contributed by atoms with Gasteiger partial charge in [-0.2, -0.15) is 5.26 Å². The van der Waals surface area contributed by atoms with Crippen LogP contribution in [0.3, 0.4) is 0 Å². The number of likely N-dealkylation sites (N-methyl/N-ethyl adjacent to an activating group) is 1. The Kier molecular flexibility index (Phi) is 5.44. The first-order valence-corrected chi connectivity index (χ1v) is 9.77. The Morgan fingerprint density at radius 1 is 1.25 bits per heavy atom. The van der Waals surface area contributed by atoms with Gasteiger partial charge in [-0.1, -0.05) is 34.1 Å². The Morgan fingerprint density at radius 2 is 2.00 bits per heavy atom. The monoisotopic (exact) mass is 435 g/mol. The molecule has 2 aromatic carbocycles. The number of nitrogens with one attached hydrogen (secondary N) is 1. The third-order valence-corrected chi connectivity index (χ3v) is 5.49. The predicted molar refractivity (Wildman–Crippen MR) is 119 cm³/mol. The largest absolute Gasteiger partial charge is 0.366 e. The second-order valence-corrected chi connectivity index (χ2v) is 8.37. The lowest BCUT2D eigenvalue weighted by Gasteiger charge is -2.40. The first-order chi connectivity index (χ1) is 13.2. The topological polar surface area (TPSA) is 56.1 Å². The molecule has 3 rings (SSSR count). The fraction of sp³-hybridized carbons (Fsp3) is 0.217. The van der Waals surface area contributed by atoms with E-state index in [1.54, 1.807) is 18.2 Å². The highest BCUT2D eigenvalue weighted by Crippen LogP contribution is 2.38. The molecule has 0 aliphatic carbocycles. The number of amides is 1. The van der Waals surface area contributed by atoms with E-state index < -0.39 is 5.91 Å². The molecule has 0 radical (unpaired) electrons. The molecule has 0 aromatic heterocycles. The van der Waals surface area contributed by atoms with E-state index in [1.165, 1.54) is 5.57 Å². The molecule has 2 aromatic rings.